The number of nitriles is 1. The number of anilines is 1. The van der Waals surface area contributed by atoms with Crippen LogP contribution in [0.4, 0.5) is 15.9 Å². The number of ether oxygens (including phenoxy) is 2. The number of methoxy groups -OCH3 is 1. The molecule has 1 aromatic heterocycles. The lowest BCUT2D eigenvalue weighted by molar-refractivity contribution is -0.385. The molecule has 1 aromatic carbocycles. The van der Waals surface area contributed by atoms with Crippen LogP contribution in [0, 0.1) is 27.3 Å². The second-order valence-electron chi connectivity index (χ2n) is 6.64. The minimum atomic E-state index is -4.70. The van der Waals surface area contributed by atoms with E-state index < -0.39 is 42.1 Å². The van der Waals surface area contributed by atoms with Gasteiger partial charge in [-0.3, -0.25) is 10.1 Å². The van der Waals surface area contributed by atoms with Crippen molar-refractivity contribution in [3.63, 3.8) is 0 Å². The van der Waals surface area contributed by atoms with E-state index in [-0.39, 0.29) is 37.6 Å². The van der Waals surface area contributed by atoms with Gasteiger partial charge in [0.05, 0.1) is 30.8 Å². The first-order valence-electron chi connectivity index (χ1n) is 9.05. The van der Waals surface area contributed by atoms with Gasteiger partial charge in [-0.05, 0) is 19.1 Å². The largest absolute Gasteiger partial charge is 0.467 e. The van der Waals surface area contributed by atoms with Gasteiger partial charge in [0.1, 0.15) is 10.7 Å². The predicted molar refractivity (Wildman–Crippen MR) is 105 cm³/mol. The van der Waals surface area contributed by atoms with Crippen molar-refractivity contribution in [1.29, 1.82) is 5.26 Å². The van der Waals surface area contributed by atoms with Crippen LogP contribution in [0.3, 0.4) is 0 Å². The van der Waals surface area contributed by atoms with E-state index in [0.717, 1.165) is 12.1 Å². The Hall–Kier alpha value is -3.37. The molecule has 2 unspecified atom stereocenters. The van der Waals surface area contributed by atoms with E-state index in [1.54, 1.807) is 6.92 Å². The first-order valence-corrected chi connectivity index (χ1v) is 10.6. The van der Waals surface area contributed by atoms with E-state index in [1.165, 1.54) is 30.2 Å². The van der Waals surface area contributed by atoms with Crippen molar-refractivity contribution < 1.29 is 27.2 Å². The molecule has 0 radical (unpaired) electrons. The first kappa shape index (κ1) is 22.3. The SMILES string of the molecule is COc1nc(C(C#N)S(=O)(=O)c2ccccc2F)c([N+](=O)[O-])c(N2CCOC(C)C2)n1. The van der Waals surface area contributed by atoms with Gasteiger partial charge in [0.25, 0.3) is 0 Å². The number of rotatable bonds is 6. The van der Waals surface area contributed by atoms with E-state index in [2.05, 4.69) is 9.97 Å². The number of aromatic nitrogens is 2. The van der Waals surface area contributed by atoms with E-state index in [1.807, 2.05) is 0 Å². The number of halogens is 1. The van der Waals surface area contributed by atoms with Crippen molar-refractivity contribution in [3.05, 3.63) is 45.9 Å². The fourth-order valence-electron chi connectivity index (χ4n) is 3.20. The molecule has 0 aliphatic carbocycles. The lowest BCUT2D eigenvalue weighted by Gasteiger charge is -2.32. The number of sulfone groups is 1. The summed E-state index contributed by atoms with van der Waals surface area (Å²) in [5.41, 5.74) is -1.46. The molecule has 0 N–H and O–H groups in total. The Morgan fingerprint density at radius 2 is 2.13 bits per heavy atom. The Labute approximate surface area is 177 Å². The zero-order chi connectivity index (χ0) is 22.8. The maximum atomic E-state index is 14.2. The highest BCUT2D eigenvalue weighted by Crippen LogP contribution is 2.39. The van der Waals surface area contributed by atoms with Gasteiger partial charge in [-0.1, -0.05) is 12.1 Å². The zero-order valence-corrected chi connectivity index (χ0v) is 17.4. The van der Waals surface area contributed by atoms with Crippen molar-refractivity contribution in [2.45, 2.75) is 23.2 Å². The fraction of sp³-hybridized carbons (Fsp3) is 0.389. The second-order valence-corrected chi connectivity index (χ2v) is 8.64. The van der Waals surface area contributed by atoms with Crippen LogP contribution in [0.1, 0.15) is 17.9 Å². The number of nitro groups is 1. The molecule has 1 saturated heterocycles. The standard InChI is InChI=1S/C18H18FN5O6S/c1-11-10-23(7-8-30-11)17-16(24(25)26)15(21-18(22-17)29-2)14(9-20)31(27,28)13-6-4-3-5-12(13)19/h3-6,11,14H,7-8,10H2,1-2H3. The van der Waals surface area contributed by atoms with Crippen LogP contribution in [0.5, 0.6) is 6.01 Å². The van der Waals surface area contributed by atoms with Crippen molar-refractivity contribution >= 4 is 21.3 Å². The Balaban J connectivity index is 2.26. The number of nitrogens with zero attached hydrogens (tertiary/aromatic N) is 5. The lowest BCUT2D eigenvalue weighted by Crippen LogP contribution is -2.42. The summed E-state index contributed by atoms with van der Waals surface area (Å²) in [4.78, 5) is 19.7. The Kier molecular flexibility index (Phi) is 6.32. The lowest BCUT2D eigenvalue weighted by atomic mass is 10.2. The third kappa shape index (κ3) is 4.25. The molecule has 1 aliphatic rings. The highest BCUT2D eigenvalue weighted by molar-refractivity contribution is 7.92. The molecule has 1 aliphatic heterocycles. The van der Waals surface area contributed by atoms with Crippen LogP contribution >= 0.6 is 0 Å². The summed E-state index contributed by atoms with van der Waals surface area (Å²) in [7, 11) is -3.51. The number of morpholine rings is 1. The maximum Gasteiger partial charge on any atom is 0.335 e. The molecule has 2 atom stereocenters. The molecule has 0 bridgehead atoms. The molecular weight excluding hydrogens is 433 g/mol. The van der Waals surface area contributed by atoms with Gasteiger partial charge in [-0.15, -0.1) is 0 Å². The quantitative estimate of drug-likeness (QED) is 0.470. The van der Waals surface area contributed by atoms with Gasteiger partial charge in [0, 0.05) is 13.1 Å². The molecule has 0 saturated carbocycles. The van der Waals surface area contributed by atoms with Crippen LogP contribution in [-0.2, 0) is 14.6 Å². The van der Waals surface area contributed by atoms with E-state index in [0.29, 0.717) is 0 Å². The molecular formula is C18H18FN5O6S. The van der Waals surface area contributed by atoms with Gasteiger partial charge in [0.2, 0.25) is 20.9 Å². The minimum absolute atomic E-state index is 0.203. The van der Waals surface area contributed by atoms with Crippen LogP contribution < -0.4 is 9.64 Å². The van der Waals surface area contributed by atoms with E-state index >= 15 is 0 Å². The molecule has 0 amide bonds. The molecule has 3 rings (SSSR count). The molecule has 13 heteroatoms. The van der Waals surface area contributed by atoms with Gasteiger partial charge in [0.15, 0.2) is 5.69 Å². The number of hydrogen-bond donors (Lipinski definition) is 0. The molecule has 164 valence electrons. The van der Waals surface area contributed by atoms with Crippen LogP contribution in [0.15, 0.2) is 29.2 Å². The summed E-state index contributed by atoms with van der Waals surface area (Å²) < 4.78 is 50.8. The van der Waals surface area contributed by atoms with Gasteiger partial charge < -0.3 is 14.4 Å². The van der Waals surface area contributed by atoms with Gasteiger partial charge in [-0.25, -0.2) is 12.8 Å². The van der Waals surface area contributed by atoms with Crippen molar-refractivity contribution in [1.82, 2.24) is 9.97 Å². The van der Waals surface area contributed by atoms with Crippen LogP contribution in [0.2, 0.25) is 0 Å². The monoisotopic (exact) mass is 451 g/mol. The predicted octanol–water partition coefficient (Wildman–Crippen LogP) is 1.80. The van der Waals surface area contributed by atoms with E-state index in [4.69, 9.17) is 9.47 Å². The Morgan fingerprint density at radius 3 is 2.71 bits per heavy atom. The smallest absolute Gasteiger partial charge is 0.335 e. The zero-order valence-electron chi connectivity index (χ0n) is 16.6. The fourth-order valence-corrected chi connectivity index (χ4v) is 4.66. The Bertz CT molecular complexity index is 1150. The van der Waals surface area contributed by atoms with Gasteiger partial charge >= 0.3 is 11.7 Å². The molecule has 11 nitrogen and oxygen atoms in total. The third-order valence-electron chi connectivity index (χ3n) is 4.60. The summed E-state index contributed by atoms with van der Waals surface area (Å²) in [5.74, 6) is -1.29. The van der Waals surface area contributed by atoms with E-state index in [9.17, 15) is 28.2 Å². The first-order chi connectivity index (χ1) is 14.7. The summed E-state index contributed by atoms with van der Waals surface area (Å²) in [6.07, 6.45) is -0.272. The molecule has 2 aromatic rings. The topological polar surface area (TPSA) is 149 Å². The van der Waals surface area contributed by atoms with Crippen molar-refractivity contribution in [3.8, 4) is 12.1 Å². The van der Waals surface area contributed by atoms with Crippen molar-refractivity contribution in [2.75, 3.05) is 31.7 Å². The number of benzene rings is 1. The third-order valence-corrected chi connectivity index (χ3v) is 6.49. The molecule has 2 heterocycles. The summed E-state index contributed by atoms with van der Waals surface area (Å²) in [6.45, 7) is 2.49. The second kappa shape index (κ2) is 8.78. The average molecular weight is 451 g/mol. The van der Waals surface area contributed by atoms with Crippen LogP contribution in [-0.4, -0.2) is 56.2 Å². The summed E-state index contributed by atoms with van der Waals surface area (Å²) >= 11 is 0. The van der Waals surface area contributed by atoms with Gasteiger partial charge in [-0.2, -0.15) is 15.2 Å². The molecule has 1 fully saturated rings. The highest BCUT2D eigenvalue weighted by atomic mass is 32.2. The maximum absolute atomic E-state index is 14.2. The molecule has 0 spiro atoms. The Morgan fingerprint density at radius 1 is 1.42 bits per heavy atom. The minimum Gasteiger partial charge on any atom is -0.467 e. The molecule has 31 heavy (non-hydrogen) atoms. The number of hydrogen-bond acceptors (Lipinski definition) is 10. The summed E-state index contributed by atoms with van der Waals surface area (Å²) in [6, 6.07) is 5.61. The van der Waals surface area contributed by atoms with Crippen molar-refractivity contribution in [2.24, 2.45) is 0 Å². The highest BCUT2D eigenvalue weighted by Gasteiger charge is 2.41. The summed E-state index contributed by atoms with van der Waals surface area (Å²) in [5, 5.41) is 19.5. The normalized spacial score (nSPS) is 17.6. The van der Waals surface area contributed by atoms with Crippen LogP contribution in [0.25, 0.3) is 0 Å². The average Bonchev–Trinajstić information content (AvgIpc) is 2.73.